The number of hydrogen-bond acceptors (Lipinski definition) is 6. The summed E-state index contributed by atoms with van der Waals surface area (Å²) in [4.78, 5) is 36.7. The highest BCUT2D eigenvalue weighted by Gasteiger charge is 2.09. The van der Waals surface area contributed by atoms with Crippen LogP contribution in [-0.2, 0) is 16.1 Å². The van der Waals surface area contributed by atoms with Crippen molar-refractivity contribution in [3.63, 3.8) is 0 Å². The van der Waals surface area contributed by atoms with Gasteiger partial charge < -0.3 is 30.4 Å². The van der Waals surface area contributed by atoms with E-state index < -0.39 is 0 Å². The van der Waals surface area contributed by atoms with Crippen LogP contribution in [0.25, 0.3) is 0 Å². The molecule has 9 nitrogen and oxygen atoms in total. The van der Waals surface area contributed by atoms with Gasteiger partial charge in [0.2, 0.25) is 5.91 Å². The van der Waals surface area contributed by atoms with Gasteiger partial charge in [0.1, 0.15) is 5.76 Å². The van der Waals surface area contributed by atoms with Gasteiger partial charge in [0, 0.05) is 42.8 Å². The van der Waals surface area contributed by atoms with Crippen molar-refractivity contribution >= 4 is 29.1 Å². The third-order valence-electron chi connectivity index (χ3n) is 4.82. The number of nitrogens with one attached hydrogen (secondary N) is 4. The Hall–Kier alpha value is -4.11. The van der Waals surface area contributed by atoms with Crippen LogP contribution in [0, 0.1) is 0 Å². The largest absolute Gasteiger partial charge is 0.467 e. The molecular weight excluding hydrogens is 436 g/mol. The molecule has 0 aliphatic rings. The van der Waals surface area contributed by atoms with Crippen LogP contribution >= 0.6 is 0 Å². The van der Waals surface area contributed by atoms with Gasteiger partial charge in [0.25, 0.3) is 11.8 Å². The lowest BCUT2D eigenvalue weighted by Gasteiger charge is -2.10. The van der Waals surface area contributed by atoms with Crippen LogP contribution < -0.4 is 21.3 Å². The summed E-state index contributed by atoms with van der Waals surface area (Å²) >= 11 is 0. The van der Waals surface area contributed by atoms with E-state index in [0.717, 1.165) is 6.42 Å². The number of rotatable bonds is 12. The monoisotopic (exact) mass is 464 g/mol. The van der Waals surface area contributed by atoms with E-state index in [1.54, 1.807) is 74.0 Å². The topological polar surface area (TPSA) is 122 Å². The molecule has 3 rings (SSSR count). The predicted molar refractivity (Wildman–Crippen MR) is 129 cm³/mol. The molecule has 0 atom stereocenters. The van der Waals surface area contributed by atoms with E-state index in [9.17, 15) is 14.4 Å². The average molecular weight is 465 g/mol. The summed E-state index contributed by atoms with van der Waals surface area (Å²) in [5.74, 6) is -0.0153. The summed E-state index contributed by atoms with van der Waals surface area (Å²) < 4.78 is 10.2. The normalized spacial score (nSPS) is 10.4. The van der Waals surface area contributed by atoms with Gasteiger partial charge in [-0.3, -0.25) is 14.4 Å². The van der Waals surface area contributed by atoms with E-state index >= 15 is 0 Å². The van der Waals surface area contributed by atoms with Crippen molar-refractivity contribution in [1.82, 2.24) is 10.6 Å². The van der Waals surface area contributed by atoms with E-state index in [1.165, 1.54) is 0 Å². The summed E-state index contributed by atoms with van der Waals surface area (Å²) in [5, 5.41) is 11.4. The molecule has 34 heavy (non-hydrogen) atoms. The van der Waals surface area contributed by atoms with Crippen molar-refractivity contribution in [1.29, 1.82) is 0 Å². The van der Waals surface area contributed by atoms with Gasteiger partial charge in [0.15, 0.2) is 0 Å². The van der Waals surface area contributed by atoms with Crippen molar-refractivity contribution in [2.24, 2.45) is 0 Å². The first-order valence-corrected chi connectivity index (χ1v) is 10.9. The van der Waals surface area contributed by atoms with Gasteiger partial charge in [-0.1, -0.05) is 6.07 Å². The first-order chi connectivity index (χ1) is 16.5. The lowest BCUT2D eigenvalue weighted by molar-refractivity contribution is -0.114. The SMILES string of the molecule is COCCCNC(=O)c1cccc(NCC(=O)Nc2ccc(C(=O)NCc3ccco3)cc2)c1. The number of amides is 3. The molecule has 178 valence electrons. The second kappa shape index (κ2) is 12.8. The molecule has 0 aliphatic heterocycles. The number of methoxy groups -OCH3 is 1. The summed E-state index contributed by atoms with van der Waals surface area (Å²) in [6.07, 6.45) is 2.28. The second-order valence-electron chi connectivity index (χ2n) is 7.42. The molecule has 0 saturated heterocycles. The maximum Gasteiger partial charge on any atom is 0.251 e. The van der Waals surface area contributed by atoms with Gasteiger partial charge in [-0.15, -0.1) is 0 Å². The summed E-state index contributed by atoms with van der Waals surface area (Å²) in [7, 11) is 1.62. The van der Waals surface area contributed by atoms with Crippen LogP contribution in [-0.4, -0.2) is 44.5 Å². The number of anilines is 2. The van der Waals surface area contributed by atoms with Crippen LogP contribution in [0.5, 0.6) is 0 Å². The summed E-state index contributed by atoms with van der Waals surface area (Å²) in [6.45, 7) is 1.42. The van der Waals surface area contributed by atoms with Gasteiger partial charge in [-0.25, -0.2) is 0 Å². The van der Waals surface area contributed by atoms with E-state index in [2.05, 4.69) is 21.3 Å². The molecule has 1 aromatic heterocycles. The molecule has 2 aromatic carbocycles. The Bertz CT molecular complexity index is 1080. The van der Waals surface area contributed by atoms with E-state index in [-0.39, 0.29) is 24.3 Å². The zero-order valence-electron chi connectivity index (χ0n) is 18.9. The van der Waals surface area contributed by atoms with Crippen LogP contribution in [0.15, 0.2) is 71.3 Å². The fourth-order valence-electron chi connectivity index (χ4n) is 3.07. The fourth-order valence-corrected chi connectivity index (χ4v) is 3.07. The minimum atomic E-state index is -0.260. The Labute approximate surface area is 197 Å². The third-order valence-corrected chi connectivity index (χ3v) is 4.82. The van der Waals surface area contributed by atoms with Crippen molar-refractivity contribution in [3.8, 4) is 0 Å². The van der Waals surface area contributed by atoms with Gasteiger partial charge in [-0.05, 0) is 61.0 Å². The molecule has 1 heterocycles. The first kappa shape index (κ1) is 24.5. The highest BCUT2D eigenvalue weighted by atomic mass is 16.5. The molecule has 4 N–H and O–H groups in total. The fraction of sp³-hybridized carbons (Fsp3) is 0.240. The molecule has 0 bridgehead atoms. The number of carbonyl (C=O) groups is 3. The highest BCUT2D eigenvalue weighted by molar-refractivity contribution is 5.97. The molecule has 3 amide bonds. The van der Waals surface area contributed by atoms with Crippen molar-refractivity contribution in [2.75, 3.05) is 37.4 Å². The van der Waals surface area contributed by atoms with Crippen LogP contribution in [0.2, 0.25) is 0 Å². The smallest absolute Gasteiger partial charge is 0.251 e. The minimum absolute atomic E-state index is 0.0182. The van der Waals surface area contributed by atoms with Crippen LogP contribution in [0.4, 0.5) is 11.4 Å². The summed E-state index contributed by atoms with van der Waals surface area (Å²) in [5.41, 5.74) is 2.20. The molecule has 0 unspecified atom stereocenters. The zero-order valence-corrected chi connectivity index (χ0v) is 18.9. The van der Waals surface area contributed by atoms with E-state index in [4.69, 9.17) is 9.15 Å². The third kappa shape index (κ3) is 7.79. The molecule has 3 aromatic rings. The molecule has 9 heteroatoms. The first-order valence-electron chi connectivity index (χ1n) is 10.9. The molecular formula is C25H28N4O5. The molecule has 0 aliphatic carbocycles. The Morgan fingerprint density at radius 3 is 2.41 bits per heavy atom. The summed E-state index contributed by atoms with van der Waals surface area (Å²) in [6, 6.07) is 17.1. The number of furan rings is 1. The van der Waals surface area contributed by atoms with Crippen LogP contribution in [0.1, 0.15) is 32.9 Å². The van der Waals surface area contributed by atoms with Crippen molar-refractivity contribution < 1.29 is 23.5 Å². The lowest BCUT2D eigenvalue weighted by Crippen LogP contribution is -2.25. The zero-order chi connectivity index (χ0) is 24.2. The maximum absolute atomic E-state index is 12.3. The molecule has 0 radical (unpaired) electrons. The Morgan fingerprint density at radius 1 is 0.882 bits per heavy atom. The standard InChI is InChI=1S/C25H28N4O5/c1-33-13-4-12-26-25(32)19-5-2-6-21(15-19)27-17-23(30)29-20-10-8-18(9-11-20)24(31)28-16-22-7-3-14-34-22/h2-3,5-11,14-15,27H,4,12-13,16-17H2,1H3,(H,26,32)(H,28,31)(H,29,30). The van der Waals surface area contributed by atoms with Gasteiger partial charge >= 0.3 is 0 Å². The highest BCUT2D eigenvalue weighted by Crippen LogP contribution is 2.12. The molecule has 0 fully saturated rings. The Morgan fingerprint density at radius 2 is 1.68 bits per heavy atom. The molecule has 0 saturated carbocycles. The maximum atomic E-state index is 12.3. The quantitative estimate of drug-likeness (QED) is 0.306. The van der Waals surface area contributed by atoms with Gasteiger partial charge in [-0.2, -0.15) is 0 Å². The Balaban J connectivity index is 1.44. The number of hydrogen-bond donors (Lipinski definition) is 4. The number of carbonyl (C=O) groups excluding carboxylic acids is 3. The second-order valence-corrected chi connectivity index (χ2v) is 7.42. The number of benzene rings is 2. The minimum Gasteiger partial charge on any atom is -0.467 e. The molecule has 0 spiro atoms. The van der Waals surface area contributed by atoms with Gasteiger partial charge in [0.05, 0.1) is 19.4 Å². The Kier molecular flexibility index (Phi) is 9.24. The van der Waals surface area contributed by atoms with Crippen molar-refractivity contribution in [3.05, 3.63) is 83.8 Å². The lowest BCUT2D eigenvalue weighted by atomic mass is 10.2. The van der Waals surface area contributed by atoms with E-state index in [1.807, 2.05) is 0 Å². The predicted octanol–water partition coefficient (Wildman–Crippen LogP) is 3.03. The van der Waals surface area contributed by atoms with Crippen LogP contribution in [0.3, 0.4) is 0 Å². The average Bonchev–Trinajstić information content (AvgIpc) is 3.38. The van der Waals surface area contributed by atoms with Crippen molar-refractivity contribution in [2.45, 2.75) is 13.0 Å². The number of ether oxygens (including phenoxy) is 1. The van der Waals surface area contributed by atoms with E-state index in [0.29, 0.717) is 48.0 Å².